The average molecular weight is 412 g/mol. The SMILES string of the molecule is COc1ccccc1N1CCN(CC(C(N)=O)c2ccccc2)CC1.Cl.Cl. The number of para-hydroxylation sites is 2. The Kier molecular flexibility index (Phi) is 9.43. The van der Waals surface area contributed by atoms with E-state index in [0.29, 0.717) is 6.54 Å². The zero-order valence-corrected chi connectivity index (χ0v) is 17.0. The lowest BCUT2D eigenvalue weighted by Crippen LogP contribution is -2.48. The minimum Gasteiger partial charge on any atom is -0.495 e. The normalized spacial score (nSPS) is 15.2. The van der Waals surface area contributed by atoms with Crippen LogP contribution in [-0.2, 0) is 4.79 Å². The second-order valence-electron chi connectivity index (χ2n) is 6.33. The van der Waals surface area contributed by atoms with Crippen molar-refractivity contribution in [1.29, 1.82) is 0 Å². The van der Waals surface area contributed by atoms with Crippen molar-refractivity contribution in [3.05, 3.63) is 60.2 Å². The number of primary amides is 1. The van der Waals surface area contributed by atoms with E-state index in [1.54, 1.807) is 7.11 Å². The summed E-state index contributed by atoms with van der Waals surface area (Å²) in [5.74, 6) is 0.368. The molecular formula is C20H27Cl2N3O2. The molecule has 3 rings (SSSR count). The van der Waals surface area contributed by atoms with E-state index in [2.05, 4.69) is 15.9 Å². The van der Waals surface area contributed by atoms with Crippen LogP contribution in [0.2, 0.25) is 0 Å². The van der Waals surface area contributed by atoms with Gasteiger partial charge in [-0.15, -0.1) is 24.8 Å². The molecular weight excluding hydrogens is 385 g/mol. The number of carbonyl (C=O) groups is 1. The van der Waals surface area contributed by atoms with Crippen LogP contribution in [0.3, 0.4) is 0 Å². The molecule has 1 saturated heterocycles. The number of carbonyl (C=O) groups excluding carboxylic acids is 1. The minimum absolute atomic E-state index is 0. The van der Waals surface area contributed by atoms with Crippen LogP contribution in [0, 0.1) is 0 Å². The van der Waals surface area contributed by atoms with E-state index in [4.69, 9.17) is 10.5 Å². The molecule has 1 aliphatic rings. The van der Waals surface area contributed by atoms with Crippen molar-refractivity contribution in [3.8, 4) is 5.75 Å². The lowest BCUT2D eigenvalue weighted by atomic mass is 9.97. The van der Waals surface area contributed by atoms with E-state index in [-0.39, 0.29) is 36.6 Å². The van der Waals surface area contributed by atoms with Crippen molar-refractivity contribution in [1.82, 2.24) is 4.90 Å². The minimum atomic E-state index is -0.265. The van der Waals surface area contributed by atoms with E-state index in [1.165, 1.54) is 0 Å². The summed E-state index contributed by atoms with van der Waals surface area (Å²) in [7, 11) is 1.70. The molecule has 1 aliphatic heterocycles. The molecule has 2 N–H and O–H groups in total. The number of nitrogens with zero attached hydrogens (tertiary/aromatic N) is 2. The van der Waals surface area contributed by atoms with Crippen LogP contribution < -0.4 is 15.4 Å². The fourth-order valence-corrected chi connectivity index (χ4v) is 3.37. The lowest BCUT2D eigenvalue weighted by Gasteiger charge is -2.37. The molecule has 0 bridgehead atoms. The molecule has 5 nitrogen and oxygen atoms in total. The Morgan fingerprint density at radius 1 is 1.00 bits per heavy atom. The fourth-order valence-electron chi connectivity index (χ4n) is 3.37. The monoisotopic (exact) mass is 411 g/mol. The molecule has 1 atom stereocenters. The molecule has 2 aromatic carbocycles. The molecule has 0 saturated carbocycles. The smallest absolute Gasteiger partial charge is 0.226 e. The maximum Gasteiger partial charge on any atom is 0.226 e. The first-order valence-corrected chi connectivity index (χ1v) is 8.63. The molecule has 0 radical (unpaired) electrons. The number of rotatable bonds is 6. The van der Waals surface area contributed by atoms with Gasteiger partial charge in [-0.3, -0.25) is 9.69 Å². The van der Waals surface area contributed by atoms with Crippen LogP contribution in [0.4, 0.5) is 5.69 Å². The van der Waals surface area contributed by atoms with Gasteiger partial charge < -0.3 is 15.4 Å². The largest absolute Gasteiger partial charge is 0.495 e. The van der Waals surface area contributed by atoms with Gasteiger partial charge in [-0.25, -0.2) is 0 Å². The van der Waals surface area contributed by atoms with E-state index in [1.807, 2.05) is 48.5 Å². The van der Waals surface area contributed by atoms with Crippen molar-refractivity contribution in [2.75, 3.05) is 44.7 Å². The summed E-state index contributed by atoms with van der Waals surface area (Å²) in [5, 5.41) is 0. The van der Waals surface area contributed by atoms with Crippen LogP contribution >= 0.6 is 24.8 Å². The Hall–Kier alpha value is -1.95. The van der Waals surface area contributed by atoms with Gasteiger partial charge in [0.2, 0.25) is 5.91 Å². The molecule has 0 aliphatic carbocycles. The molecule has 0 spiro atoms. The van der Waals surface area contributed by atoms with Gasteiger partial charge in [0, 0.05) is 32.7 Å². The van der Waals surface area contributed by atoms with Gasteiger partial charge in [-0.2, -0.15) is 0 Å². The standard InChI is InChI=1S/C20H25N3O2.2ClH/c1-25-19-10-6-5-9-18(19)23-13-11-22(12-14-23)15-17(20(21)24)16-7-3-2-4-8-16;;/h2-10,17H,11-15H2,1H3,(H2,21,24);2*1H. The number of methoxy groups -OCH3 is 1. The highest BCUT2D eigenvalue weighted by Crippen LogP contribution is 2.28. The van der Waals surface area contributed by atoms with Crippen molar-refractivity contribution in [2.45, 2.75) is 5.92 Å². The van der Waals surface area contributed by atoms with Gasteiger partial charge in [-0.1, -0.05) is 42.5 Å². The molecule has 2 aromatic rings. The molecule has 1 amide bonds. The highest BCUT2D eigenvalue weighted by atomic mass is 35.5. The first-order chi connectivity index (χ1) is 12.2. The fraction of sp³-hybridized carbons (Fsp3) is 0.350. The predicted octanol–water partition coefficient (Wildman–Crippen LogP) is 2.93. The van der Waals surface area contributed by atoms with Crippen molar-refractivity contribution in [2.24, 2.45) is 5.73 Å². The summed E-state index contributed by atoms with van der Waals surface area (Å²) in [4.78, 5) is 16.6. The molecule has 27 heavy (non-hydrogen) atoms. The van der Waals surface area contributed by atoms with E-state index in [9.17, 15) is 4.79 Å². The van der Waals surface area contributed by atoms with Crippen molar-refractivity contribution < 1.29 is 9.53 Å². The summed E-state index contributed by atoms with van der Waals surface area (Å²) in [5.41, 5.74) is 7.76. The molecule has 7 heteroatoms. The molecule has 1 unspecified atom stereocenters. The molecule has 1 fully saturated rings. The number of piperazine rings is 1. The number of ether oxygens (including phenoxy) is 1. The summed E-state index contributed by atoms with van der Waals surface area (Å²) in [6, 6.07) is 17.9. The Balaban J connectivity index is 0.00000182. The van der Waals surface area contributed by atoms with Gasteiger partial charge >= 0.3 is 0 Å². The molecule has 0 aromatic heterocycles. The summed E-state index contributed by atoms with van der Waals surface area (Å²) >= 11 is 0. The zero-order valence-electron chi connectivity index (χ0n) is 15.4. The first kappa shape index (κ1) is 23.1. The van der Waals surface area contributed by atoms with Gasteiger partial charge in [0.15, 0.2) is 0 Å². The highest BCUT2D eigenvalue weighted by Gasteiger charge is 2.25. The van der Waals surface area contributed by atoms with Crippen LogP contribution in [0.1, 0.15) is 11.5 Å². The Morgan fingerprint density at radius 3 is 2.19 bits per heavy atom. The van der Waals surface area contributed by atoms with Crippen molar-refractivity contribution in [3.63, 3.8) is 0 Å². The zero-order chi connectivity index (χ0) is 17.6. The second kappa shape index (κ2) is 11.0. The Bertz CT molecular complexity index is 707. The van der Waals surface area contributed by atoms with Crippen LogP contribution in [0.25, 0.3) is 0 Å². The number of hydrogen-bond donors (Lipinski definition) is 1. The van der Waals surface area contributed by atoms with Gasteiger partial charge in [-0.05, 0) is 17.7 Å². The number of halogens is 2. The van der Waals surface area contributed by atoms with Crippen LogP contribution in [0.15, 0.2) is 54.6 Å². The van der Waals surface area contributed by atoms with E-state index >= 15 is 0 Å². The number of anilines is 1. The van der Waals surface area contributed by atoms with Crippen LogP contribution in [-0.4, -0.2) is 50.6 Å². The quantitative estimate of drug-likeness (QED) is 0.793. The lowest BCUT2D eigenvalue weighted by molar-refractivity contribution is -0.119. The van der Waals surface area contributed by atoms with E-state index in [0.717, 1.165) is 43.2 Å². The number of hydrogen-bond acceptors (Lipinski definition) is 4. The van der Waals surface area contributed by atoms with Crippen LogP contribution in [0.5, 0.6) is 5.75 Å². The summed E-state index contributed by atoms with van der Waals surface area (Å²) in [6.45, 7) is 4.27. The Morgan fingerprint density at radius 2 is 1.59 bits per heavy atom. The van der Waals surface area contributed by atoms with Crippen molar-refractivity contribution >= 4 is 36.4 Å². The topological polar surface area (TPSA) is 58.8 Å². The number of amides is 1. The molecule has 1 heterocycles. The van der Waals surface area contributed by atoms with Gasteiger partial charge in [0.25, 0.3) is 0 Å². The predicted molar refractivity (Wildman–Crippen MR) is 115 cm³/mol. The third kappa shape index (κ3) is 5.76. The third-order valence-corrected chi connectivity index (χ3v) is 4.78. The maximum atomic E-state index is 11.9. The summed E-state index contributed by atoms with van der Waals surface area (Å²) in [6.07, 6.45) is 0. The second-order valence-corrected chi connectivity index (χ2v) is 6.33. The van der Waals surface area contributed by atoms with Gasteiger partial charge in [0.05, 0.1) is 18.7 Å². The van der Waals surface area contributed by atoms with E-state index < -0.39 is 0 Å². The Labute approximate surface area is 173 Å². The summed E-state index contributed by atoms with van der Waals surface area (Å²) < 4.78 is 5.46. The van der Waals surface area contributed by atoms with Gasteiger partial charge in [0.1, 0.15) is 5.75 Å². The first-order valence-electron chi connectivity index (χ1n) is 8.63. The molecule has 148 valence electrons. The maximum absolute atomic E-state index is 11.9. The highest BCUT2D eigenvalue weighted by molar-refractivity contribution is 5.85. The number of benzene rings is 2. The average Bonchev–Trinajstić information content (AvgIpc) is 2.67. The number of nitrogens with two attached hydrogens (primary N) is 1. The third-order valence-electron chi connectivity index (χ3n) is 4.78.